The predicted octanol–water partition coefficient (Wildman–Crippen LogP) is 4.59. The van der Waals surface area contributed by atoms with Crippen LogP contribution in [0.1, 0.15) is 17.9 Å². The molecule has 5 rings (SSSR count). The van der Waals surface area contributed by atoms with Crippen LogP contribution in [0.5, 0.6) is 17.2 Å². The summed E-state index contributed by atoms with van der Waals surface area (Å²) in [6.07, 6.45) is 0.555. The average molecular weight is 480 g/mol. The Morgan fingerprint density at radius 3 is 2.44 bits per heavy atom. The highest BCUT2D eigenvalue weighted by Gasteiger charge is 2.38. The number of aliphatic hydroxyl groups is 1. The quantitative estimate of drug-likeness (QED) is 0.338. The lowest BCUT2D eigenvalue weighted by atomic mass is 9.89. The molecule has 2 atom stereocenters. The molecule has 0 aliphatic carbocycles. The van der Waals surface area contributed by atoms with Crippen LogP contribution in [0.15, 0.2) is 69.9 Å². The molecule has 1 saturated heterocycles. The highest BCUT2D eigenvalue weighted by molar-refractivity contribution is 6.33. The number of aromatic hydroxyl groups is 3. The number of halogens is 1. The summed E-state index contributed by atoms with van der Waals surface area (Å²) in [5.74, 6) is -0.656. The monoisotopic (exact) mass is 479 g/mol. The molecule has 1 aliphatic rings. The summed E-state index contributed by atoms with van der Waals surface area (Å²) >= 11 is 6.32. The molecule has 4 N–H and O–H groups in total. The third kappa shape index (κ3) is 3.63. The fourth-order valence-electron chi connectivity index (χ4n) is 4.85. The summed E-state index contributed by atoms with van der Waals surface area (Å²) in [5.41, 5.74) is 1.26. The Hall–Kier alpha value is -3.68. The van der Waals surface area contributed by atoms with E-state index < -0.39 is 17.4 Å². The zero-order chi connectivity index (χ0) is 24.0. The zero-order valence-corrected chi connectivity index (χ0v) is 18.7. The van der Waals surface area contributed by atoms with Crippen molar-refractivity contribution in [2.75, 3.05) is 18.1 Å². The summed E-state index contributed by atoms with van der Waals surface area (Å²) in [4.78, 5) is 15.0. The van der Waals surface area contributed by atoms with E-state index in [2.05, 4.69) is 0 Å². The minimum atomic E-state index is -0.469. The van der Waals surface area contributed by atoms with Gasteiger partial charge < -0.3 is 29.7 Å². The summed E-state index contributed by atoms with van der Waals surface area (Å²) in [5, 5.41) is 41.6. The fraction of sp³-hybridized carbons (Fsp3) is 0.192. The van der Waals surface area contributed by atoms with E-state index in [-0.39, 0.29) is 40.6 Å². The number of hydrogen-bond donors (Lipinski definition) is 4. The van der Waals surface area contributed by atoms with Crippen molar-refractivity contribution >= 4 is 28.3 Å². The molecule has 3 aromatic carbocycles. The van der Waals surface area contributed by atoms with E-state index in [1.165, 1.54) is 6.07 Å². The van der Waals surface area contributed by atoms with Crippen molar-refractivity contribution < 1.29 is 24.8 Å². The molecule has 2 heterocycles. The number of phenols is 3. The van der Waals surface area contributed by atoms with Gasteiger partial charge in [-0.05, 0) is 42.8 Å². The van der Waals surface area contributed by atoms with Crippen LogP contribution >= 0.6 is 11.6 Å². The molecule has 7 nitrogen and oxygen atoms in total. The molecule has 34 heavy (non-hydrogen) atoms. The summed E-state index contributed by atoms with van der Waals surface area (Å²) < 4.78 is 6.13. The fourth-order valence-corrected chi connectivity index (χ4v) is 5.08. The number of fused-ring (bicyclic) bond motifs is 1. The van der Waals surface area contributed by atoms with Gasteiger partial charge >= 0.3 is 0 Å². The Morgan fingerprint density at radius 2 is 1.74 bits per heavy atom. The maximum atomic E-state index is 13.0. The van der Waals surface area contributed by atoms with Crippen LogP contribution in [-0.2, 0) is 0 Å². The molecule has 4 aromatic rings. The molecule has 1 aromatic heterocycles. The Labute approximate surface area is 199 Å². The van der Waals surface area contributed by atoms with Crippen molar-refractivity contribution in [3.8, 4) is 28.6 Å². The van der Waals surface area contributed by atoms with Crippen LogP contribution in [0.25, 0.3) is 22.3 Å². The second kappa shape index (κ2) is 8.59. The van der Waals surface area contributed by atoms with Crippen LogP contribution in [0.2, 0.25) is 5.02 Å². The van der Waals surface area contributed by atoms with Crippen molar-refractivity contribution in [3.05, 3.63) is 81.5 Å². The number of hydrogen-bond acceptors (Lipinski definition) is 7. The average Bonchev–Trinajstić information content (AvgIpc) is 3.23. The van der Waals surface area contributed by atoms with Crippen LogP contribution in [-0.4, -0.2) is 39.6 Å². The molecule has 8 heteroatoms. The predicted molar refractivity (Wildman–Crippen MR) is 130 cm³/mol. The van der Waals surface area contributed by atoms with Gasteiger partial charge in [0.2, 0.25) is 0 Å². The van der Waals surface area contributed by atoms with Crippen LogP contribution in [0.3, 0.4) is 0 Å². The largest absolute Gasteiger partial charge is 0.508 e. The molecular formula is C26H22ClNO6. The Kier molecular flexibility index (Phi) is 5.59. The Balaban J connectivity index is 1.69. The first-order valence-corrected chi connectivity index (χ1v) is 11.2. The number of phenolic OH excluding ortho intramolecular Hbond substituents is 3. The molecule has 1 fully saturated rings. The van der Waals surface area contributed by atoms with Crippen molar-refractivity contribution in [3.63, 3.8) is 0 Å². The van der Waals surface area contributed by atoms with Crippen molar-refractivity contribution in [2.45, 2.75) is 18.4 Å². The standard InChI is InChI=1S/C26H22ClNO6/c27-18-4-2-1-3-16(18)23-12-22(33)25-21(32)11-20(31)24(26(25)34-23)17-9-10-28(19(17)13-29)14-5-7-15(30)8-6-14/h1-8,11-12,17,19,29-32H,9-10,13H2. The first kappa shape index (κ1) is 22.1. The van der Waals surface area contributed by atoms with E-state index in [1.807, 2.05) is 4.90 Å². The van der Waals surface area contributed by atoms with Gasteiger partial charge in [0.15, 0.2) is 5.43 Å². The molecule has 1 aliphatic heterocycles. The summed E-state index contributed by atoms with van der Waals surface area (Å²) in [6, 6.07) is 15.5. The van der Waals surface area contributed by atoms with Crippen molar-refractivity contribution in [2.24, 2.45) is 0 Å². The highest BCUT2D eigenvalue weighted by Crippen LogP contribution is 2.45. The molecular weight excluding hydrogens is 458 g/mol. The first-order chi connectivity index (χ1) is 16.4. The third-order valence-corrected chi connectivity index (χ3v) is 6.75. The van der Waals surface area contributed by atoms with Crippen LogP contribution in [0, 0.1) is 0 Å². The van der Waals surface area contributed by atoms with Gasteiger partial charge in [-0.15, -0.1) is 0 Å². The molecule has 0 bridgehead atoms. The van der Waals surface area contributed by atoms with Gasteiger partial charge in [-0.1, -0.05) is 23.7 Å². The zero-order valence-electron chi connectivity index (χ0n) is 18.0. The van der Waals surface area contributed by atoms with Gasteiger partial charge in [-0.25, -0.2) is 0 Å². The van der Waals surface area contributed by atoms with E-state index in [1.54, 1.807) is 48.5 Å². The van der Waals surface area contributed by atoms with Gasteiger partial charge in [-0.2, -0.15) is 0 Å². The first-order valence-electron chi connectivity index (χ1n) is 10.8. The number of benzene rings is 3. The van der Waals surface area contributed by atoms with Gasteiger partial charge in [0.1, 0.15) is 34.0 Å². The lowest BCUT2D eigenvalue weighted by Crippen LogP contribution is -2.35. The Morgan fingerprint density at radius 1 is 1.00 bits per heavy atom. The van der Waals surface area contributed by atoms with E-state index >= 15 is 0 Å². The minimum absolute atomic E-state index is 0.0385. The molecule has 0 saturated carbocycles. The highest BCUT2D eigenvalue weighted by atomic mass is 35.5. The van der Waals surface area contributed by atoms with Gasteiger partial charge in [0.05, 0.1) is 17.7 Å². The second-order valence-corrected chi connectivity index (χ2v) is 8.75. The molecule has 0 amide bonds. The van der Waals surface area contributed by atoms with Crippen molar-refractivity contribution in [1.82, 2.24) is 0 Å². The maximum absolute atomic E-state index is 13.0. The van der Waals surface area contributed by atoms with E-state index in [0.717, 1.165) is 11.8 Å². The topological polar surface area (TPSA) is 114 Å². The Bertz CT molecular complexity index is 1430. The van der Waals surface area contributed by atoms with Crippen LogP contribution in [0.4, 0.5) is 5.69 Å². The SMILES string of the molecule is O=c1cc(-c2ccccc2Cl)oc2c(C3CCN(c4ccc(O)cc4)C3CO)c(O)cc(O)c12. The van der Waals surface area contributed by atoms with Crippen LogP contribution < -0.4 is 10.3 Å². The van der Waals surface area contributed by atoms with Gasteiger partial charge in [-0.3, -0.25) is 4.79 Å². The number of nitrogens with zero attached hydrogens (tertiary/aromatic N) is 1. The van der Waals surface area contributed by atoms with E-state index in [4.69, 9.17) is 16.0 Å². The lowest BCUT2D eigenvalue weighted by molar-refractivity contribution is 0.256. The lowest BCUT2D eigenvalue weighted by Gasteiger charge is -2.29. The number of aliphatic hydroxyl groups excluding tert-OH is 1. The smallest absolute Gasteiger partial charge is 0.197 e. The number of anilines is 1. The van der Waals surface area contributed by atoms with E-state index in [9.17, 15) is 25.2 Å². The van der Waals surface area contributed by atoms with Gasteiger partial charge in [0, 0.05) is 41.4 Å². The number of rotatable bonds is 4. The third-order valence-electron chi connectivity index (χ3n) is 6.42. The second-order valence-electron chi connectivity index (χ2n) is 8.34. The molecule has 2 unspecified atom stereocenters. The van der Waals surface area contributed by atoms with Crippen molar-refractivity contribution in [1.29, 1.82) is 0 Å². The molecule has 174 valence electrons. The van der Waals surface area contributed by atoms with Gasteiger partial charge in [0.25, 0.3) is 0 Å². The molecule has 0 spiro atoms. The summed E-state index contributed by atoms with van der Waals surface area (Å²) in [6.45, 7) is 0.346. The normalized spacial score (nSPS) is 18.0. The maximum Gasteiger partial charge on any atom is 0.197 e. The minimum Gasteiger partial charge on any atom is -0.508 e. The van der Waals surface area contributed by atoms with E-state index in [0.29, 0.717) is 29.1 Å². The molecule has 0 radical (unpaired) electrons. The summed E-state index contributed by atoms with van der Waals surface area (Å²) in [7, 11) is 0.